The normalized spacial score (nSPS) is 18.5. The molecule has 94 valence electrons. The minimum absolute atomic E-state index is 0.00220. The zero-order valence-electron chi connectivity index (χ0n) is 10.3. The van der Waals surface area contributed by atoms with E-state index < -0.39 is 0 Å². The third-order valence-electron chi connectivity index (χ3n) is 4.06. The van der Waals surface area contributed by atoms with Gasteiger partial charge in [0.1, 0.15) is 5.75 Å². The monoisotopic (exact) mass is 297 g/mol. The van der Waals surface area contributed by atoms with Gasteiger partial charge in [-0.15, -0.1) is 0 Å². The molecule has 1 aromatic rings. The van der Waals surface area contributed by atoms with E-state index in [4.69, 9.17) is 5.73 Å². The van der Waals surface area contributed by atoms with E-state index in [1.54, 1.807) is 0 Å². The van der Waals surface area contributed by atoms with E-state index in [1.165, 1.54) is 12.8 Å². The Morgan fingerprint density at radius 1 is 1.35 bits per heavy atom. The van der Waals surface area contributed by atoms with E-state index >= 15 is 0 Å². The average molecular weight is 298 g/mol. The number of rotatable bonds is 3. The number of benzene rings is 1. The van der Waals surface area contributed by atoms with Crippen molar-refractivity contribution in [2.45, 2.75) is 44.4 Å². The Balaban J connectivity index is 2.53. The van der Waals surface area contributed by atoms with Crippen LogP contribution in [0.25, 0.3) is 0 Å². The van der Waals surface area contributed by atoms with Crippen LogP contribution in [0.4, 0.5) is 0 Å². The fraction of sp³-hybridized carbons (Fsp3) is 0.571. The molecule has 1 aliphatic rings. The Morgan fingerprint density at radius 3 is 2.53 bits per heavy atom. The molecule has 0 spiro atoms. The Labute approximate surface area is 111 Å². The van der Waals surface area contributed by atoms with Crippen LogP contribution >= 0.6 is 15.9 Å². The largest absolute Gasteiger partial charge is 0.507 e. The van der Waals surface area contributed by atoms with E-state index in [1.807, 2.05) is 12.1 Å². The SMILES string of the molecule is CCc1cc(Br)cc(C2(CN)CCCC2)c1O. The number of nitrogens with two attached hydrogens (primary N) is 1. The minimum atomic E-state index is -0.00220. The number of phenols is 1. The molecule has 2 nitrogen and oxygen atoms in total. The fourth-order valence-electron chi connectivity index (χ4n) is 2.96. The summed E-state index contributed by atoms with van der Waals surface area (Å²) in [6, 6.07) is 4.05. The second kappa shape index (κ2) is 4.99. The average Bonchev–Trinajstić information content (AvgIpc) is 2.81. The summed E-state index contributed by atoms with van der Waals surface area (Å²) in [6.07, 6.45) is 5.46. The predicted molar refractivity (Wildman–Crippen MR) is 74.4 cm³/mol. The highest BCUT2D eigenvalue weighted by Crippen LogP contribution is 2.45. The van der Waals surface area contributed by atoms with E-state index in [0.717, 1.165) is 34.9 Å². The predicted octanol–water partition coefficient (Wildman–Crippen LogP) is 3.49. The lowest BCUT2D eigenvalue weighted by atomic mass is 9.77. The van der Waals surface area contributed by atoms with Crippen LogP contribution in [0.2, 0.25) is 0 Å². The molecule has 3 heteroatoms. The second-order valence-electron chi connectivity index (χ2n) is 5.01. The Bertz CT molecular complexity index is 411. The first kappa shape index (κ1) is 12.9. The van der Waals surface area contributed by atoms with E-state index in [2.05, 4.69) is 22.9 Å². The van der Waals surface area contributed by atoms with Gasteiger partial charge in [-0.2, -0.15) is 0 Å². The standard InChI is InChI=1S/C14H20BrNO/c1-2-10-7-11(15)8-12(13(10)17)14(9-16)5-3-4-6-14/h7-8,17H,2-6,9,16H2,1H3. The molecule has 0 heterocycles. The van der Waals surface area contributed by atoms with Gasteiger partial charge in [-0.25, -0.2) is 0 Å². The summed E-state index contributed by atoms with van der Waals surface area (Å²) in [5, 5.41) is 10.4. The third kappa shape index (κ3) is 2.23. The number of hydrogen-bond acceptors (Lipinski definition) is 2. The molecule has 0 unspecified atom stereocenters. The van der Waals surface area contributed by atoms with Gasteiger partial charge in [0.25, 0.3) is 0 Å². The van der Waals surface area contributed by atoms with Gasteiger partial charge in [-0.05, 0) is 37.0 Å². The van der Waals surface area contributed by atoms with Crippen LogP contribution in [0.3, 0.4) is 0 Å². The topological polar surface area (TPSA) is 46.2 Å². The van der Waals surface area contributed by atoms with Gasteiger partial charge in [0.15, 0.2) is 0 Å². The van der Waals surface area contributed by atoms with Crippen molar-refractivity contribution >= 4 is 15.9 Å². The summed E-state index contributed by atoms with van der Waals surface area (Å²) in [4.78, 5) is 0. The van der Waals surface area contributed by atoms with Crippen LogP contribution in [-0.2, 0) is 11.8 Å². The highest BCUT2D eigenvalue weighted by Gasteiger charge is 2.36. The van der Waals surface area contributed by atoms with E-state index in [9.17, 15) is 5.11 Å². The lowest BCUT2D eigenvalue weighted by Gasteiger charge is -2.29. The van der Waals surface area contributed by atoms with Gasteiger partial charge in [0.05, 0.1) is 0 Å². The molecule has 0 bridgehead atoms. The van der Waals surface area contributed by atoms with Crippen LogP contribution in [0.15, 0.2) is 16.6 Å². The van der Waals surface area contributed by atoms with Gasteiger partial charge >= 0.3 is 0 Å². The second-order valence-corrected chi connectivity index (χ2v) is 5.92. The fourth-order valence-corrected chi connectivity index (χ4v) is 3.47. The molecular weight excluding hydrogens is 278 g/mol. The maximum Gasteiger partial charge on any atom is 0.122 e. The molecule has 0 aliphatic heterocycles. The Morgan fingerprint density at radius 2 is 2.00 bits per heavy atom. The van der Waals surface area contributed by atoms with Crippen molar-refractivity contribution < 1.29 is 5.11 Å². The third-order valence-corrected chi connectivity index (χ3v) is 4.52. The highest BCUT2D eigenvalue weighted by molar-refractivity contribution is 9.10. The quantitative estimate of drug-likeness (QED) is 0.897. The summed E-state index contributed by atoms with van der Waals surface area (Å²) in [5.41, 5.74) is 8.04. The van der Waals surface area contributed by atoms with Gasteiger partial charge < -0.3 is 10.8 Å². The number of hydrogen-bond donors (Lipinski definition) is 2. The van der Waals surface area contributed by atoms with Crippen molar-refractivity contribution in [2.75, 3.05) is 6.54 Å². The Kier molecular flexibility index (Phi) is 3.79. The number of halogens is 1. The first-order chi connectivity index (χ1) is 8.13. The molecule has 1 fully saturated rings. The summed E-state index contributed by atoms with van der Waals surface area (Å²) < 4.78 is 1.04. The molecule has 2 rings (SSSR count). The minimum Gasteiger partial charge on any atom is -0.507 e. The maximum absolute atomic E-state index is 10.4. The molecule has 0 radical (unpaired) electrons. The van der Waals surface area contributed by atoms with Crippen molar-refractivity contribution in [3.8, 4) is 5.75 Å². The van der Waals surface area contributed by atoms with Gasteiger partial charge in [-0.1, -0.05) is 35.7 Å². The van der Waals surface area contributed by atoms with E-state index in [-0.39, 0.29) is 5.41 Å². The molecule has 1 aromatic carbocycles. The molecule has 0 saturated heterocycles. The number of aromatic hydroxyl groups is 1. The number of phenolic OH excluding ortho intramolecular Hbond substituents is 1. The van der Waals surface area contributed by atoms with Crippen molar-refractivity contribution in [1.29, 1.82) is 0 Å². The lowest BCUT2D eigenvalue weighted by Crippen LogP contribution is -2.32. The molecule has 17 heavy (non-hydrogen) atoms. The van der Waals surface area contributed by atoms with Gasteiger partial charge in [0.2, 0.25) is 0 Å². The lowest BCUT2D eigenvalue weighted by molar-refractivity contribution is 0.402. The van der Waals surface area contributed by atoms with Gasteiger partial charge in [-0.3, -0.25) is 0 Å². The summed E-state index contributed by atoms with van der Waals surface area (Å²) in [5.74, 6) is 0.461. The zero-order valence-corrected chi connectivity index (χ0v) is 11.9. The van der Waals surface area contributed by atoms with E-state index in [0.29, 0.717) is 12.3 Å². The molecule has 3 N–H and O–H groups in total. The summed E-state index contributed by atoms with van der Waals surface area (Å²) in [6.45, 7) is 2.69. The van der Waals surface area contributed by atoms with Crippen LogP contribution < -0.4 is 5.73 Å². The molecular formula is C14H20BrNO. The zero-order chi connectivity index (χ0) is 12.5. The molecule has 1 saturated carbocycles. The Hall–Kier alpha value is -0.540. The smallest absolute Gasteiger partial charge is 0.122 e. The van der Waals surface area contributed by atoms with Crippen molar-refractivity contribution in [3.63, 3.8) is 0 Å². The van der Waals surface area contributed by atoms with Crippen molar-refractivity contribution in [1.82, 2.24) is 0 Å². The van der Waals surface area contributed by atoms with Crippen LogP contribution in [0.1, 0.15) is 43.7 Å². The first-order valence-corrected chi connectivity index (χ1v) is 7.14. The van der Waals surface area contributed by atoms with Crippen molar-refractivity contribution in [3.05, 3.63) is 27.7 Å². The number of aryl methyl sites for hydroxylation is 1. The highest BCUT2D eigenvalue weighted by atomic mass is 79.9. The molecule has 0 aromatic heterocycles. The summed E-state index contributed by atoms with van der Waals surface area (Å²) in [7, 11) is 0. The molecule has 1 aliphatic carbocycles. The maximum atomic E-state index is 10.4. The van der Waals surface area contributed by atoms with Gasteiger partial charge in [0, 0.05) is 22.0 Å². The van der Waals surface area contributed by atoms with Crippen LogP contribution in [0, 0.1) is 0 Å². The summed E-state index contributed by atoms with van der Waals surface area (Å²) >= 11 is 3.54. The van der Waals surface area contributed by atoms with Crippen LogP contribution in [0.5, 0.6) is 5.75 Å². The van der Waals surface area contributed by atoms with Crippen LogP contribution in [-0.4, -0.2) is 11.7 Å². The first-order valence-electron chi connectivity index (χ1n) is 6.35. The molecule has 0 atom stereocenters. The molecule has 0 amide bonds. The van der Waals surface area contributed by atoms with Crippen molar-refractivity contribution in [2.24, 2.45) is 5.73 Å².